The molecular formula is C26H39N9O6. The highest BCUT2D eigenvalue weighted by Gasteiger charge is 2.32. The molecule has 0 aliphatic heterocycles. The summed E-state index contributed by atoms with van der Waals surface area (Å²) in [5.41, 5.74) is 23.2. The molecule has 0 fully saturated rings. The van der Waals surface area contributed by atoms with Gasteiger partial charge in [-0.05, 0) is 30.4 Å². The number of carboxylic acids is 1. The number of aliphatic carboxylic acids is 1. The monoisotopic (exact) mass is 573 g/mol. The molecule has 2 aromatic rings. The van der Waals surface area contributed by atoms with E-state index in [9.17, 15) is 29.1 Å². The van der Waals surface area contributed by atoms with Crippen molar-refractivity contribution in [2.75, 3.05) is 6.54 Å². The van der Waals surface area contributed by atoms with Gasteiger partial charge in [-0.15, -0.1) is 0 Å². The fourth-order valence-corrected chi connectivity index (χ4v) is 4.02. The molecule has 41 heavy (non-hydrogen) atoms. The molecule has 1 heterocycles. The maximum absolute atomic E-state index is 13.4. The Morgan fingerprint density at radius 3 is 2.15 bits per heavy atom. The number of fused-ring (bicyclic) bond motifs is 1. The minimum atomic E-state index is -1.42. The smallest absolute Gasteiger partial charge is 0.326 e. The first-order chi connectivity index (χ1) is 19.3. The van der Waals surface area contributed by atoms with Gasteiger partial charge in [-0.1, -0.05) is 32.0 Å². The summed E-state index contributed by atoms with van der Waals surface area (Å²) in [5, 5.41) is 17.9. The number of hydrogen-bond acceptors (Lipinski definition) is 7. The Labute approximate surface area is 236 Å². The molecule has 0 radical (unpaired) electrons. The van der Waals surface area contributed by atoms with Crippen LogP contribution in [0.15, 0.2) is 35.5 Å². The maximum Gasteiger partial charge on any atom is 0.326 e. The molecular weight excluding hydrogens is 534 g/mol. The first-order valence-electron chi connectivity index (χ1n) is 13.1. The van der Waals surface area contributed by atoms with Crippen molar-refractivity contribution in [3.63, 3.8) is 0 Å². The van der Waals surface area contributed by atoms with Crippen molar-refractivity contribution in [1.82, 2.24) is 20.9 Å². The molecule has 0 saturated carbocycles. The van der Waals surface area contributed by atoms with Gasteiger partial charge in [0.1, 0.15) is 18.1 Å². The van der Waals surface area contributed by atoms with Crippen LogP contribution in [0.2, 0.25) is 0 Å². The fraction of sp³-hybridized carbons (Fsp3) is 0.462. The van der Waals surface area contributed by atoms with Crippen molar-refractivity contribution in [3.8, 4) is 0 Å². The number of carbonyl (C=O) groups excluding carboxylic acids is 4. The third kappa shape index (κ3) is 10.1. The number of carbonyl (C=O) groups is 5. The number of hydrogen-bond donors (Lipinski definition) is 9. The SMILES string of the molecule is CC(C)C(N)C(=O)NC(CC(N)=O)C(=O)NC(Cc1c[nH]c2ccccc12)C(=O)NC(CCCN=C(N)N)C(=O)O. The molecule has 0 aliphatic rings. The van der Waals surface area contributed by atoms with E-state index >= 15 is 0 Å². The zero-order valence-corrected chi connectivity index (χ0v) is 23.1. The third-order valence-corrected chi connectivity index (χ3v) is 6.35. The fourth-order valence-electron chi connectivity index (χ4n) is 4.02. The lowest BCUT2D eigenvalue weighted by Gasteiger charge is -2.25. The highest BCUT2D eigenvalue weighted by atomic mass is 16.4. The van der Waals surface area contributed by atoms with Gasteiger partial charge in [0.25, 0.3) is 0 Å². The second-order valence-corrected chi connectivity index (χ2v) is 9.97. The third-order valence-electron chi connectivity index (χ3n) is 6.35. The number of aromatic amines is 1. The van der Waals surface area contributed by atoms with E-state index in [2.05, 4.69) is 25.9 Å². The molecule has 4 unspecified atom stereocenters. The van der Waals surface area contributed by atoms with Gasteiger partial charge < -0.3 is 49.0 Å². The second kappa shape index (κ2) is 15.2. The van der Waals surface area contributed by atoms with E-state index < -0.39 is 60.2 Å². The van der Waals surface area contributed by atoms with Crippen LogP contribution in [0.4, 0.5) is 0 Å². The summed E-state index contributed by atoms with van der Waals surface area (Å²) < 4.78 is 0. The molecule has 15 heteroatoms. The number of primary amides is 1. The maximum atomic E-state index is 13.4. The summed E-state index contributed by atoms with van der Waals surface area (Å²) in [4.78, 5) is 69.7. The van der Waals surface area contributed by atoms with Gasteiger partial charge in [-0.2, -0.15) is 0 Å². The van der Waals surface area contributed by atoms with Crippen LogP contribution in [0.5, 0.6) is 0 Å². The number of aromatic nitrogens is 1. The molecule has 15 nitrogen and oxygen atoms in total. The highest BCUT2D eigenvalue weighted by Crippen LogP contribution is 2.19. The Balaban J connectivity index is 2.31. The summed E-state index contributed by atoms with van der Waals surface area (Å²) in [5.74, 6) is -4.89. The van der Waals surface area contributed by atoms with Crippen LogP contribution < -0.4 is 38.9 Å². The van der Waals surface area contributed by atoms with Gasteiger partial charge in [0.2, 0.25) is 23.6 Å². The number of para-hydroxylation sites is 1. The number of rotatable bonds is 16. The van der Waals surface area contributed by atoms with E-state index in [0.29, 0.717) is 5.56 Å². The number of benzene rings is 1. The quantitative estimate of drug-likeness (QED) is 0.0619. The lowest BCUT2D eigenvalue weighted by Crippen LogP contribution is -2.58. The van der Waals surface area contributed by atoms with Crippen LogP contribution in [-0.4, -0.2) is 76.4 Å². The second-order valence-electron chi connectivity index (χ2n) is 9.97. The van der Waals surface area contributed by atoms with Crippen molar-refractivity contribution < 1.29 is 29.1 Å². The molecule has 1 aromatic carbocycles. The lowest BCUT2D eigenvalue weighted by molar-refractivity contribution is -0.142. The average molecular weight is 574 g/mol. The van der Waals surface area contributed by atoms with Gasteiger partial charge in [-0.3, -0.25) is 24.2 Å². The van der Waals surface area contributed by atoms with Gasteiger partial charge in [0.05, 0.1) is 12.5 Å². The van der Waals surface area contributed by atoms with Crippen LogP contribution in [0.3, 0.4) is 0 Å². The number of nitrogens with zero attached hydrogens (tertiary/aromatic N) is 1. The minimum absolute atomic E-state index is 0.0129. The number of nitrogens with one attached hydrogen (secondary N) is 4. The predicted octanol–water partition coefficient (Wildman–Crippen LogP) is -1.84. The van der Waals surface area contributed by atoms with Crippen molar-refractivity contribution >= 4 is 46.5 Å². The first-order valence-corrected chi connectivity index (χ1v) is 13.1. The zero-order chi connectivity index (χ0) is 30.7. The van der Waals surface area contributed by atoms with Crippen molar-refractivity contribution in [2.24, 2.45) is 33.8 Å². The number of nitrogens with two attached hydrogens (primary N) is 4. The number of H-pyrrole nitrogens is 1. The lowest BCUT2D eigenvalue weighted by atomic mass is 10.0. The molecule has 2 rings (SSSR count). The Hall–Kier alpha value is -4.66. The van der Waals surface area contributed by atoms with E-state index in [4.69, 9.17) is 22.9 Å². The van der Waals surface area contributed by atoms with Crippen LogP contribution >= 0.6 is 0 Å². The molecule has 4 atom stereocenters. The van der Waals surface area contributed by atoms with E-state index in [1.165, 1.54) is 0 Å². The molecule has 0 bridgehead atoms. The standard InChI is InChI=1S/C26H39N9O6/c1-13(2)21(28)24(39)35-19(11-20(27)36)23(38)34-18(10-14-12-32-16-7-4-3-6-15(14)16)22(37)33-17(25(40)41)8-5-9-31-26(29)30/h3-4,6-7,12-13,17-19,21,32H,5,8-11,28H2,1-2H3,(H2,27,36)(H,33,37)(H,34,38)(H,35,39)(H,40,41)(H4,29,30,31). The Kier molecular flexibility index (Phi) is 12.1. The van der Waals surface area contributed by atoms with E-state index in [1.807, 2.05) is 18.2 Å². The Morgan fingerprint density at radius 2 is 1.54 bits per heavy atom. The normalized spacial score (nSPS) is 14.0. The van der Waals surface area contributed by atoms with Gasteiger partial charge in [-0.25, -0.2) is 4.79 Å². The minimum Gasteiger partial charge on any atom is -0.480 e. The van der Waals surface area contributed by atoms with Gasteiger partial charge >= 0.3 is 5.97 Å². The van der Waals surface area contributed by atoms with E-state index in [0.717, 1.165) is 10.9 Å². The topological polar surface area (TPSA) is 274 Å². The number of amides is 4. The zero-order valence-electron chi connectivity index (χ0n) is 23.1. The summed E-state index contributed by atoms with van der Waals surface area (Å²) in [6.07, 6.45) is 1.36. The summed E-state index contributed by atoms with van der Waals surface area (Å²) in [6, 6.07) is 2.33. The molecule has 0 saturated heterocycles. The van der Waals surface area contributed by atoms with E-state index in [1.54, 1.807) is 26.1 Å². The largest absolute Gasteiger partial charge is 0.480 e. The molecule has 0 spiro atoms. The first kappa shape index (κ1) is 32.6. The van der Waals surface area contributed by atoms with Crippen molar-refractivity contribution in [2.45, 2.75) is 63.7 Å². The van der Waals surface area contributed by atoms with Crippen LogP contribution in [0, 0.1) is 5.92 Å². The average Bonchev–Trinajstić information content (AvgIpc) is 3.31. The molecule has 13 N–H and O–H groups in total. The van der Waals surface area contributed by atoms with Crippen LogP contribution in [0.25, 0.3) is 10.9 Å². The molecule has 224 valence electrons. The summed E-state index contributed by atoms with van der Waals surface area (Å²) >= 11 is 0. The van der Waals surface area contributed by atoms with E-state index in [-0.39, 0.29) is 37.7 Å². The number of aliphatic imine (C=N–C) groups is 1. The Morgan fingerprint density at radius 1 is 0.927 bits per heavy atom. The van der Waals surface area contributed by atoms with Gasteiger partial charge in [0.15, 0.2) is 5.96 Å². The number of guanidine groups is 1. The summed E-state index contributed by atoms with van der Waals surface area (Å²) in [7, 11) is 0. The summed E-state index contributed by atoms with van der Waals surface area (Å²) in [6.45, 7) is 3.58. The predicted molar refractivity (Wildman–Crippen MR) is 152 cm³/mol. The van der Waals surface area contributed by atoms with Crippen molar-refractivity contribution in [3.05, 3.63) is 36.0 Å². The van der Waals surface area contributed by atoms with Crippen LogP contribution in [0.1, 0.15) is 38.7 Å². The molecule has 1 aromatic heterocycles. The molecule has 0 aliphatic carbocycles. The van der Waals surface area contributed by atoms with Crippen molar-refractivity contribution in [1.29, 1.82) is 0 Å². The van der Waals surface area contributed by atoms with Gasteiger partial charge in [0, 0.05) is 30.1 Å². The molecule has 4 amide bonds. The highest BCUT2D eigenvalue weighted by molar-refractivity contribution is 5.96. The van der Waals surface area contributed by atoms with Crippen LogP contribution in [-0.2, 0) is 30.4 Å². The Bertz CT molecular complexity index is 1270. The number of carboxylic acid groups (broad SMARTS) is 1.